The number of benzene rings is 7. The van der Waals surface area contributed by atoms with Crippen LogP contribution < -0.4 is 0 Å². The van der Waals surface area contributed by atoms with E-state index >= 15 is 26.3 Å². The number of nitrogens with zero attached hydrogens (tertiary/aromatic N) is 8. The van der Waals surface area contributed by atoms with Gasteiger partial charge in [-0.25, -0.2) is 0 Å². The minimum atomic E-state index is -5.80. The predicted octanol–water partition coefficient (Wildman–Crippen LogP) is 18.4. The first-order chi connectivity index (χ1) is 42.0. The molecule has 7 aromatic carbocycles. The zero-order valence-corrected chi connectivity index (χ0v) is 45.5. The average Bonchev–Trinajstić information content (AvgIpc) is 1.47. The Morgan fingerprint density at radius 1 is 0.407 bits per heavy atom. The van der Waals surface area contributed by atoms with E-state index in [1.807, 2.05) is 101 Å². The molecule has 0 amide bonds. The number of fused-ring (bicyclic) bond motifs is 12. The van der Waals surface area contributed by atoms with E-state index in [-0.39, 0.29) is 6.04 Å². The van der Waals surface area contributed by atoms with Crippen LogP contribution in [0.1, 0.15) is 29.2 Å². The SMILES string of the molecule is FC(F)(F)C(c1ccc(-n2c3ccccc3c3cnccc32)cc1)(c1ccc(-n2c3ccccc3c3c(-c4cccc5c4c4ccncc4n5-c4ccc(CC5=CCC(n6c7ccccc7c7ccncc76)C=C5)cc4)nccc32)cc1)C(F)(F)F. The Morgan fingerprint density at radius 3 is 1.56 bits per heavy atom. The first-order valence-electron chi connectivity index (χ1n) is 28.2. The molecule has 86 heavy (non-hydrogen) atoms. The minimum absolute atomic E-state index is 0.163. The van der Waals surface area contributed by atoms with E-state index < -0.39 is 28.9 Å². The summed E-state index contributed by atoms with van der Waals surface area (Å²) < 4.78 is 103. The topological polar surface area (TPSA) is 71.3 Å². The Kier molecular flexibility index (Phi) is 11.4. The number of hydrogen-bond donors (Lipinski definition) is 0. The van der Waals surface area contributed by atoms with Crippen molar-refractivity contribution in [3.8, 4) is 28.3 Å². The summed E-state index contributed by atoms with van der Waals surface area (Å²) in [5, 5.41) is 7.53. The van der Waals surface area contributed by atoms with Gasteiger partial charge in [0.05, 0.1) is 62.7 Å². The number of aromatic nitrogens is 8. The molecule has 1 unspecified atom stereocenters. The fourth-order valence-electron chi connectivity index (χ4n) is 13.8. The Hall–Kier alpha value is -10.6. The highest BCUT2D eigenvalue weighted by molar-refractivity contribution is 6.21. The standard InChI is InChI=1S/C72H46F6N8/c73-71(74,75)70(72(76,77)78,46-20-28-50(29-21-46)83-60-13-5-2-9-53(60)58-41-79-38-34-62(58)83)47-22-30-51(31-23-47)84-61-14-6-3-10-55(61)68-64(84)35-39-82-69(68)57-11-7-15-63-67(57)56-33-37-81-43-66(56)86(63)49-26-18-45(19-27-49)40-44-16-24-48(25-17-44)85-59-12-4-1-8-52(59)54-32-36-80-42-65(54)85/h1-24,26-39,41-43,48H,25,40H2. The molecule has 0 saturated heterocycles. The Bertz CT molecular complexity index is 5150. The fraction of sp³-hybridized carbons (Fsp3) is 0.0833. The van der Waals surface area contributed by atoms with Crippen LogP contribution in [0.3, 0.4) is 0 Å². The number of para-hydroxylation sites is 3. The normalized spacial score (nSPS) is 14.3. The molecular weight excluding hydrogens is 1090 g/mol. The molecule has 0 fully saturated rings. The third kappa shape index (κ3) is 7.57. The number of allylic oxidation sites excluding steroid dienone is 4. The Balaban J connectivity index is 0.746. The third-order valence-electron chi connectivity index (χ3n) is 17.5. The lowest BCUT2D eigenvalue weighted by Crippen LogP contribution is -2.54. The van der Waals surface area contributed by atoms with Crippen molar-refractivity contribution in [1.82, 2.24) is 38.2 Å². The van der Waals surface area contributed by atoms with Crippen molar-refractivity contribution in [2.24, 2.45) is 0 Å². The second kappa shape index (κ2) is 19.2. The third-order valence-corrected chi connectivity index (χ3v) is 17.5. The quantitative estimate of drug-likeness (QED) is 0.135. The van der Waals surface area contributed by atoms with Gasteiger partial charge in [-0.3, -0.25) is 19.9 Å². The second-order valence-corrected chi connectivity index (χ2v) is 22.0. The lowest BCUT2D eigenvalue weighted by atomic mass is 9.73. The van der Waals surface area contributed by atoms with Gasteiger partial charge in [-0.2, -0.15) is 26.3 Å². The number of rotatable bonds is 9. The van der Waals surface area contributed by atoms with E-state index in [9.17, 15) is 0 Å². The molecule has 0 radical (unpaired) electrons. The first-order valence-corrected chi connectivity index (χ1v) is 28.2. The minimum Gasteiger partial charge on any atom is -0.332 e. The zero-order chi connectivity index (χ0) is 58.1. The molecule has 1 aliphatic rings. The molecule has 0 bridgehead atoms. The predicted molar refractivity (Wildman–Crippen MR) is 329 cm³/mol. The van der Waals surface area contributed by atoms with Gasteiger partial charge < -0.3 is 18.3 Å². The average molecular weight is 1140 g/mol. The highest BCUT2D eigenvalue weighted by Crippen LogP contribution is 2.57. The Morgan fingerprint density at radius 2 is 0.895 bits per heavy atom. The number of alkyl halides is 6. The molecule has 8 nitrogen and oxygen atoms in total. The zero-order valence-electron chi connectivity index (χ0n) is 45.5. The summed E-state index contributed by atoms with van der Waals surface area (Å²) in [4.78, 5) is 18.4. The molecule has 15 aromatic rings. The molecule has 0 spiro atoms. The van der Waals surface area contributed by atoms with Crippen molar-refractivity contribution < 1.29 is 26.3 Å². The summed E-state index contributed by atoms with van der Waals surface area (Å²) in [6, 6.07) is 55.2. The number of halogens is 6. The van der Waals surface area contributed by atoms with Crippen molar-refractivity contribution in [2.75, 3.05) is 0 Å². The molecule has 1 aliphatic carbocycles. The van der Waals surface area contributed by atoms with E-state index in [0.717, 1.165) is 103 Å². The van der Waals surface area contributed by atoms with Gasteiger partial charge in [0.2, 0.25) is 5.41 Å². The molecule has 8 aromatic heterocycles. The maximum absolute atomic E-state index is 15.8. The van der Waals surface area contributed by atoms with E-state index in [4.69, 9.17) is 4.98 Å². The highest BCUT2D eigenvalue weighted by atomic mass is 19.4. The first kappa shape index (κ1) is 51.1. The monoisotopic (exact) mass is 1140 g/mol. The van der Waals surface area contributed by atoms with Gasteiger partial charge >= 0.3 is 12.4 Å². The summed E-state index contributed by atoms with van der Waals surface area (Å²) in [7, 11) is 0. The summed E-state index contributed by atoms with van der Waals surface area (Å²) in [6.07, 6.45) is 9.34. The van der Waals surface area contributed by atoms with Crippen LogP contribution in [0.2, 0.25) is 0 Å². The molecule has 416 valence electrons. The summed E-state index contributed by atoms with van der Waals surface area (Å²) in [5.74, 6) is 0. The second-order valence-electron chi connectivity index (χ2n) is 22.0. The van der Waals surface area contributed by atoms with Crippen molar-refractivity contribution in [2.45, 2.75) is 36.7 Å². The maximum atomic E-state index is 15.8. The van der Waals surface area contributed by atoms with Crippen LogP contribution >= 0.6 is 0 Å². The van der Waals surface area contributed by atoms with Crippen LogP contribution in [0.25, 0.3) is 116 Å². The molecule has 8 heterocycles. The summed E-state index contributed by atoms with van der Waals surface area (Å²) in [5.41, 5.74) is 6.28. The molecule has 14 heteroatoms. The van der Waals surface area contributed by atoms with Gasteiger partial charge in [0.25, 0.3) is 0 Å². The van der Waals surface area contributed by atoms with Gasteiger partial charge in [-0.05, 0) is 120 Å². The van der Waals surface area contributed by atoms with E-state index in [0.29, 0.717) is 33.6 Å². The van der Waals surface area contributed by atoms with Crippen LogP contribution in [-0.4, -0.2) is 50.6 Å². The molecular formula is C72H46F6N8. The largest absolute Gasteiger partial charge is 0.411 e. The van der Waals surface area contributed by atoms with Gasteiger partial charge in [0, 0.05) is 102 Å². The number of pyridine rings is 4. The molecule has 0 saturated carbocycles. The van der Waals surface area contributed by atoms with E-state index in [1.54, 1.807) is 30.9 Å². The lowest BCUT2D eigenvalue weighted by Gasteiger charge is -2.38. The van der Waals surface area contributed by atoms with E-state index in [1.165, 1.54) is 51.7 Å². The highest BCUT2D eigenvalue weighted by Gasteiger charge is 2.72. The van der Waals surface area contributed by atoms with Crippen LogP contribution in [-0.2, 0) is 11.8 Å². The number of hydrogen-bond acceptors (Lipinski definition) is 4. The molecule has 0 N–H and O–H groups in total. The maximum Gasteiger partial charge on any atom is 0.411 e. The van der Waals surface area contributed by atoms with E-state index in [2.05, 4.69) is 103 Å². The summed E-state index contributed by atoms with van der Waals surface area (Å²) in [6.45, 7) is 0. The van der Waals surface area contributed by atoms with Crippen molar-refractivity contribution in [1.29, 1.82) is 0 Å². The molecule has 1 atom stereocenters. The van der Waals surface area contributed by atoms with Crippen LogP contribution in [0.4, 0.5) is 26.3 Å². The van der Waals surface area contributed by atoms with Crippen molar-refractivity contribution in [3.63, 3.8) is 0 Å². The van der Waals surface area contributed by atoms with Crippen LogP contribution in [0, 0.1) is 0 Å². The van der Waals surface area contributed by atoms with Crippen LogP contribution in [0.15, 0.2) is 255 Å². The fourth-order valence-corrected chi connectivity index (χ4v) is 13.8. The van der Waals surface area contributed by atoms with Gasteiger partial charge in [0.1, 0.15) is 0 Å². The van der Waals surface area contributed by atoms with Gasteiger partial charge in [-0.1, -0.05) is 121 Å². The smallest absolute Gasteiger partial charge is 0.332 e. The molecule has 16 rings (SSSR count). The lowest BCUT2D eigenvalue weighted by molar-refractivity contribution is -0.288. The summed E-state index contributed by atoms with van der Waals surface area (Å²) >= 11 is 0. The van der Waals surface area contributed by atoms with Gasteiger partial charge in [0.15, 0.2) is 0 Å². The molecule has 0 aliphatic heterocycles. The Labute approximate surface area is 486 Å². The van der Waals surface area contributed by atoms with Crippen molar-refractivity contribution >= 4 is 87.2 Å². The van der Waals surface area contributed by atoms with Crippen LogP contribution in [0.5, 0.6) is 0 Å². The van der Waals surface area contributed by atoms with Crippen molar-refractivity contribution in [3.05, 3.63) is 272 Å². The van der Waals surface area contributed by atoms with Gasteiger partial charge in [-0.15, -0.1) is 0 Å².